The number of rotatable bonds is 5. The lowest BCUT2D eigenvalue weighted by molar-refractivity contribution is -0.135. The zero-order valence-corrected chi connectivity index (χ0v) is 7.58. The molecule has 0 saturated carbocycles. The predicted molar refractivity (Wildman–Crippen MR) is 47.1 cm³/mol. The lowest BCUT2D eigenvalue weighted by Gasteiger charge is -1.94. The third kappa shape index (κ3) is 22.7. The zero-order valence-electron chi connectivity index (χ0n) is 7.58. The summed E-state index contributed by atoms with van der Waals surface area (Å²) in [5.41, 5.74) is 4.57. The van der Waals surface area contributed by atoms with E-state index < -0.39 is 5.97 Å². The Bertz CT molecular complexity index is 97.5. The molecule has 0 aliphatic heterocycles. The maximum absolute atomic E-state index is 9.24. The number of carboxylic acids is 1. The summed E-state index contributed by atoms with van der Waals surface area (Å²) in [6, 6.07) is 0. The van der Waals surface area contributed by atoms with E-state index in [1.54, 1.807) is 0 Å². The molecule has 3 N–H and O–H groups in total. The molecule has 0 amide bonds. The maximum atomic E-state index is 9.24. The number of aliphatic carboxylic acids is 1. The first-order chi connectivity index (χ1) is 5.68. The summed E-state index contributed by atoms with van der Waals surface area (Å²) >= 11 is 0. The fourth-order valence-electron chi connectivity index (χ4n) is 0.226. The molecule has 0 heterocycles. The molecular weight excluding hydrogens is 161 g/mol. The standard InChI is InChI=1S/C4H11BO2.C2H5NO2/c1-3-6-5-7-4-2;3-1-2(4)5/h5H,3-4H2,1-2H3;1,3H2,(H,4,5). The normalized spacial score (nSPS) is 8.25. The van der Waals surface area contributed by atoms with Crippen molar-refractivity contribution < 1.29 is 19.2 Å². The summed E-state index contributed by atoms with van der Waals surface area (Å²) in [4.78, 5) is 9.24. The summed E-state index contributed by atoms with van der Waals surface area (Å²) in [6.45, 7) is 5.08. The molecule has 0 aromatic carbocycles. The maximum Gasteiger partial charge on any atom is 0.438 e. The van der Waals surface area contributed by atoms with Crippen LogP contribution in [0.3, 0.4) is 0 Å². The molecule has 72 valence electrons. The Morgan fingerprint density at radius 1 is 1.42 bits per heavy atom. The van der Waals surface area contributed by atoms with Gasteiger partial charge in [-0.05, 0) is 13.8 Å². The Morgan fingerprint density at radius 3 is 1.92 bits per heavy atom. The van der Waals surface area contributed by atoms with E-state index in [0.29, 0.717) is 7.69 Å². The van der Waals surface area contributed by atoms with Gasteiger partial charge in [0.1, 0.15) is 0 Å². The number of nitrogens with two attached hydrogens (primary N) is 1. The highest BCUT2D eigenvalue weighted by atomic mass is 16.6. The van der Waals surface area contributed by atoms with E-state index in [4.69, 9.17) is 14.4 Å². The molecule has 0 unspecified atom stereocenters. The van der Waals surface area contributed by atoms with Crippen LogP contribution in [-0.2, 0) is 14.1 Å². The van der Waals surface area contributed by atoms with Crippen LogP contribution in [-0.4, -0.2) is 38.5 Å². The van der Waals surface area contributed by atoms with E-state index in [2.05, 4.69) is 5.73 Å². The van der Waals surface area contributed by atoms with E-state index in [-0.39, 0.29) is 6.54 Å². The third-order valence-corrected chi connectivity index (χ3v) is 0.750. The van der Waals surface area contributed by atoms with Crippen LogP contribution < -0.4 is 5.73 Å². The van der Waals surface area contributed by atoms with Crippen LogP contribution >= 0.6 is 0 Å². The van der Waals surface area contributed by atoms with Crippen LogP contribution in [0.1, 0.15) is 13.8 Å². The SMILES string of the molecule is CCOBOCC.NCC(=O)O. The summed E-state index contributed by atoms with van der Waals surface area (Å²) < 4.78 is 9.70. The minimum absolute atomic E-state index is 0.278. The molecule has 0 rings (SSSR count). The van der Waals surface area contributed by atoms with Gasteiger partial charge in [0, 0.05) is 13.2 Å². The van der Waals surface area contributed by atoms with Gasteiger partial charge >= 0.3 is 13.7 Å². The van der Waals surface area contributed by atoms with Crippen molar-refractivity contribution in [3.8, 4) is 0 Å². The third-order valence-electron chi connectivity index (χ3n) is 0.750. The van der Waals surface area contributed by atoms with E-state index >= 15 is 0 Å². The Morgan fingerprint density at radius 2 is 1.75 bits per heavy atom. The second kappa shape index (κ2) is 13.0. The number of hydrogen-bond acceptors (Lipinski definition) is 4. The molecule has 0 aliphatic rings. The summed E-state index contributed by atoms with van der Waals surface area (Å²) in [7, 11) is 0.438. The van der Waals surface area contributed by atoms with Crippen LogP contribution in [0.25, 0.3) is 0 Å². The van der Waals surface area contributed by atoms with Gasteiger partial charge in [0.15, 0.2) is 0 Å². The largest absolute Gasteiger partial charge is 0.480 e. The zero-order chi connectivity index (χ0) is 9.82. The first-order valence-corrected chi connectivity index (χ1v) is 3.76. The van der Waals surface area contributed by atoms with Crippen LogP contribution in [0.15, 0.2) is 0 Å². The Balaban J connectivity index is 0. The van der Waals surface area contributed by atoms with E-state index in [1.165, 1.54) is 0 Å². The highest BCUT2D eigenvalue weighted by molar-refractivity contribution is 6.17. The van der Waals surface area contributed by atoms with Crippen molar-refractivity contribution in [3.05, 3.63) is 0 Å². The van der Waals surface area contributed by atoms with Gasteiger partial charge in [-0.25, -0.2) is 0 Å². The Hall–Kier alpha value is -0.585. The van der Waals surface area contributed by atoms with E-state index in [9.17, 15) is 4.79 Å². The quantitative estimate of drug-likeness (QED) is 0.431. The monoisotopic (exact) mass is 177 g/mol. The van der Waals surface area contributed by atoms with Crippen molar-refractivity contribution in [2.24, 2.45) is 5.73 Å². The van der Waals surface area contributed by atoms with Gasteiger partial charge in [0.2, 0.25) is 0 Å². The summed E-state index contributed by atoms with van der Waals surface area (Å²) in [5, 5.41) is 7.60. The second-order valence-corrected chi connectivity index (χ2v) is 1.70. The van der Waals surface area contributed by atoms with Gasteiger partial charge in [-0.2, -0.15) is 0 Å². The highest BCUT2D eigenvalue weighted by Gasteiger charge is 1.83. The van der Waals surface area contributed by atoms with Crippen LogP contribution in [0.5, 0.6) is 0 Å². The minimum atomic E-state index is -0.968. The van der Waals surface area contributed by atoms with Crippen molar-refractivity contribution in [2.75, 3.05) is 19.8 Å². The summed E-state index contributed by atoms with van der Waals surface area (Å²) in [5.74, 6) is -0.968. The Labute approximate surface area is 73.1 Å². The molecule has 0 bridgehead atoms. The molecular formula is C6H16BNO4. The van der Waals surface area contributed by atoms with Gasteiger partial charge in [-0.1, -0.05) is 0 Å². The first-order valence-electron chi connectivity index (χ1n) is 3.76. The van der Waals surface area contributed by atoms with Gasteiger partial charge in [0.25, 0.3) is 0 Å². The van der Waals surface area contributed by atoms with Crippen molar-refractivity contribution in [2.45, 2.75) is 13.8 Å². The van der Waals surface area contributed by atoms with Gasteiger partial charge < -0.3 is 20.1 Å². The Kier molecular flexibility index (Phi) is 15.2. The molecule has 0 aromatic heterocycles. The second-order valence-electron chi connectivity index (χ2n) is 1.70. The van der Waals surface area contributed by atoms with E-state index in [1.807, 2.05) is 13.8 Å². The van der Waals surface area contributed by atoms with Gasteiger partial charge in [0.05, 0.1) is 6.54 Å². The molecule has 6 heteroatoms. The predicted octanol–water partition coefficient (Wildman–Crippen LogP) is -0.644. The molecule has 0 aliphatic carbocycles. The first kappa shape index (κ1) is 14.0. The molecule has 0 radical (unpaired) electrons. The fourth-order valence-corrected chi connectivity index (χ4v) is 0.226. The van der Waals surface area contributed by atoms with Crippen LogP contribution in [0, 0.1) is 0 Å². The van der Waals surface area contributed by atoms with E-state index in [0.717, 1.165) is 13.2 Å². The average molecular weight is 177 g/mol. The van der Waals surface area contributed by atoms with Crippen molar-refractivity contribution in [1.82, 2.24) is 0 Å². The van der Waals surface area contributed by atoms with Crippen LogP contribution in [0.2, 0.25) is 0 Å². The molecule has 0 atom stereocenters. The molecule has 5 nitrogen and oxygen atoms in total. The highest BCUT2D eigenvalue weighted by Crippen LogP contribution is 1.70. The van der Waals surface area contributed by atoms with Crippen molar-refractivity contribution in [1.29, 1.82) is 0 Å². The molecule has 0 spiro atoms. The van der Waals surface area contributed by atoms with Gasteiger partial charge in [-0.3, -0.25) is 4.79 Å². The van der Waals surface area contributed by atoms with Gasteiger partial charge in [-0.15, -0.1) is 0 Å². The summed E-state index contributed by atoms with van der Waals surface area (Å²) in [6.07, 6.45) is 0. The molecule has 12 heavy (non-hydrogen) atoms. The van der Waals surface area contributed by atoms with Crippen molar-refractivity contribution >= 4 is 13.7 Å². The molecule has 0 aromatic rings. The average Bonchev–Trinajstić information content (AvgIpc) is 2.07. The number of carbonyl (C=O) groups is 1. The minimum Gasteiger partial charge on any atom is -0.480 e. The smallest absolute Gasteiger partial charge is 0.438 e. The molecule has 0 saturated heterocycles. The lowest BCUT2D eigenvalue weighted by atomic mass is 10.4. The van der Waals surface area contributed by atoms with Crippen LogP contribution in [0.4, 0.5) is 0 Å². The molecule has 0 fully saturated rings. The number of hydrogen-bond donors (Lipinski definition) is 2. The fraction of sp³-hybridized carbons (Fsp3) is 0.833. The number of carboxylic acid groups (broad SMARTS) is 1. The lowest BCUT2D eigenvalue weighted by Crippen LogP contribution is -2.10. The van der Waals surface area contributed by atoms with Crippen molar-refractivity contribution in [3.63, 3.8) is 0 Å². The topological polar surface area (TPSA) is 81.8 Å².